The minimum atomic E-state index is -0.401. The summed E-state index contributed by atoms with van der Waals surface area (Å²) in [6.45, 7) is 5.74. The summed E-state index contributed by atoms with van der Waals surface area (Å²) in [6.07, 6.45) is 3.79. The Kier molecular flexibility index (Phi) is 5.19. The van der Waals surface area contributed by atoms with Gasteiger partial charge in [-0.15, -0.1) is 0 Å². The van der Waals surface area contributed by atoms with Gasteiger partial charge in [0.05, 0.1) is 0 Å². The Labute approximate surface area is 163 Å². The van der Waals surface area contributed by atoms with Crippen molar-refractivity contribution in [3.63, 3.8) is 0 Å². The van der Waals surface area contributed by atoms with Crippen LogP contribution >= 0.6 is 0 Å². The third-order valence-corrected chi connectivity index (χ3v) is 5.49. The molecule has 3 heterocycles. The van der Waals surface area contributed by atoms with Crippen molar-refractivity contribution >= 4 is 11.7 Å². The first kappa shape index (κ1) is 18.7. The van der Waals surface area contributed by atoms with Crippen molar-refractivity contribution in [1.29, 1.82) is 0 Å². The summed E-state index contributed by atoms with van der Waals surface area (Å²) in [4.78, 5) is 29.6. The molecule has 2 aliphatic rings. The van der Waals surface area contributed by atoms with Gasteiger partial charge in [-0.1, -0.05) is 12.1 Å². The summed E-state index contributed by atoms with van der Waals surface area (Å²) in [5, 5.41) is 3.50. The van der Waals surface area contributed by atoms with Gasteiger partial charge < -0.3 is 0 Å². The lowest BCUT2D eigenvalue weighted by atomic mass is 10.0. The molecule has 2 aromatic rings. The lowest BCUT2D eigenvalue weighted by molar-refractivity contribution is -0.152. The van der Waals surface area contributed by atoms with Gasteiger partial charge in [-0.3, -0.25) is 24.5 Å². The van der Waals surface area contributed by atoms with E-state index in [1.54, 1.807) is 23.5 Å². The Hall–Kier alpha value is -2.64. The number of ketones is 1. The Morgan fingerprint density at radius 2 is 1.86 bits per heavy atom. The molecular weight excluding hydrogens is 359 g/mol. The molecule has 0 bridgehead atoms. The molecule has 0 radical (unpaired) electrons. The average molecular weight is 382 g/mol. The van der Waals surface area contributed by atoms with Crippen LogP contribution in [0.1, 0.15) is 17.5 Å². The van der Waals surface area contributed by atoms with Gasteiger partial charge in [-0.25, -0.2) is 9.40 Å². The fraction of sp³-hybridized carbons (Fsp3) is 0.381. The number of halogens is 1. The van der Waals surface area contributed by atoms with Gasteiger partial charge in [0.15, 0.2) is 0 Å². The summed E-state index contributed by atoms with van der Waals surface area (Å²) < 4.78 is 14.7. The van der Waals surface area contributed by atoms with E-state index in [1.165, 1.54) is 0 Å². The molecule has 0 aliphatic carbocycles. The number of nitrogens with zero attached hydrogens (tertiary/aromatic N) is 4. The molecule has 2 saturated heterocycles. The van der Waals surface area contributed by atoms with E-state index in [1.807, 2.05) is 30.1 Å². The Balaban J connectivity index is 1.38. The number of amides is 1. The second-order valence-corrected chi connectivity index (χ2v) is 7.33. The zero-order valence-electron chi connectivity index (χ0n) is 15.9. The Morgan fingerprint density at radius 1 is 1.07 bits per heavy atom. The maximum atomic E-state index is 14.7. The van der Waals surface area contributed by atoms with Crippen molar-refractivity contribution < 1.29 is 14.0 Å². The molecule has 0 atom stereocenters. The molecule has 4 rings (SSSR count). The maximum absolute atomic E-state index is 14.7. The molecule has 146 valence electrons. The average Bonchev–Trinajstić information content (AvgIpc) is 3.03. The Bertz CT molecular complexity index is 909. The first-order valence-corrected chi connectivity index (χ1v) is 9.54. The van der Waals surface area contributed by atoms with Crippen molar-refractivity contribution in [2.24, 2.45) is 0 Å². The smallest absolute Gasteiger partial charge is 0.296 e. The first-order chi connectivity index (χ1) is 13.5. The highest BCUT2D eigenvalue weighted by Crippen LogP contribution is 2.25. The number of piperazine rings is 1. The molecule has 7 heteroatoms. The number of aromatic nitrogens is 1. The first-order valence-electron chi connectivity index (χ1n) is 9.54. The second-order valence-electron chi connectivity index (χ2n) is 7.33. The SMILES string of the molecule is Cc1cnccc1-c1ccc(CN2CCN(N3CCC(=O)C3=O)CC2)c(F)c1. The highest BCUT2D eigenvalue weighted by atomic mass is 19.1. The molecule has 0 unspecified atom stereocenters. The molecule has 2 aliphatic heterocycles. The van der Waals surface area contributed by atoms with E-state index in [4.69, 9.17) is 0 Å². The summed E-state index contributed by atoms with van der Waals surface area (Å²) in [5.41, 5.74) is 3.51. The van der Waals surface area contributed by atoms with Crippen LogP contribution in [-0.4, -0.2) is 64.3 Å². The number of benzene rings is 1. The molecule has 1 aromatic heterocycles. The minimum absolute atomic E-state index is 0.212. The molecular formula is C21H23FN4O2. The zero-order chi connectivity index (χ0) is 19.7. The van der Waals surface area contributed by atoms with Crippen molar-refractivity contribution in [3.8, 4) is 11.1 Å². The number of Topliss-reactive ketones (excluding diaryl/α,β-unsaturated/α-hetero) is 1. The van der Waals surface area contributed by atoms with E-state index in [0.717, 1.165) is 29.8 Å². The third kappa shape index (κ3) is 3.68. The van der Waals surface area contributed by atoms with Crippen LogP contribution in [0.5, 0.6) is 0 Å². The van der Waals surface area contributed by atoms with E-state index >= 15 is 0 Å². The lowest BCUT2D eigenvalue weighted by Crippen LogP contribution is -2.54. The van der Waals surface area contributed by atoms with Crippen LogP contribution in [0.4, 0.5) is 4.39 Å². The molecule has 1 aromatic carbocycles. The van der Waals surface area contributed by atoms with Gasteiger partial charge in [0, 0.05) is 63.6 Å². The van der Waals surface area contributed by atoms with Crippen LogP contribution in [-0.2, 0) is 16.1 Å². The van der Waals surface area contributed by atoms with Crippen molar-refractivity contribution in [2.45, 2.75) is 19.9 Å². The van der Waals surface area contributed by atoms with Crippen molar-refractivity contribution in [2.75, 3.05) is 32.7 Å². The van der Waals surface area contributed by atoms with Crippen LogP contribution in [0.25, 0.3) is 11.1 Å². The van der Waals surface area contributed by atoms with Crippen LogP contribution in [0.2, 0.25) is 0 Å². The van der Waals surface area contributed by atoms with E-state index < -0.39 is 5.91 Å². The molecule has 0 spiro atoms. The molecule has 0 N–H and O–H groups in total. The highest BCUT2D eigenvalue weighted by Gasteiger charge is 2.34. The van der Waals surface area contributed by atoms with Crippen LogP contribution in [0.15, 0.2) is 36.7 Å². The highest BCUT2D eigenvalue weighted by molar-refractivity contribution is 6.37. The molecule has 6 nitrogen and oxygen atoms in total. The summed E-state index contributed by atoms with van der Waals surface area (Å²) >= 11 is 0. The van der Waals surface area contributed by atoms with Crippen LogP contribution < -0.4 is 0 Å². The van der Waals surface area contributed by atoms with Gasteiger partial charge in [-0.05, 0) is 35.7 Å². The number of hydrogen-bond donors (Lipinski definition) is 0. The number of carbonyl (C=O) groups excluding carboxylic acids is 2. The van der Waals surface area contributed by atoms with Gasteiger partial charge in [-0.2, -0.15) is 0 Å². The topological polar surface area (TPSA) is 56.8 Å². The van der Waals surface area contributed by atoms with Gasteiger partial charge >= 0.3 is 5.91 Å². The van der Waals surface area contributed by atoms with Gasteiger partial charge in [0.2, 0.25) is 5.78 Å². The quantitative estimate of drug-likeness (QED) is 0.758. The number of pyridine rings is 1. The predicted octanol–water partition coefficient (Wildman–Crippen LogP) is 2.03. The van der Waals surface area contributed by atoms with Crippen LogP contribution in [0.3, 0.4) is 0 Å². The summed E-state index contributed by atoms with van der Waals surface area (Å²) in [5.74, 6) is -0.924. The Morgan fingerprint density at radius 3 is 2.50 bits per heavy atom. The lowest BCUT2D eigenvalue weighted by Gasteiger charge is -2.39. The second kappa shape index (κ2) is 7.77. The molecule has 0 saturated carbocycles. The maximum Gasteiger partial charge on any atom is 0.304 e. The number of aryl methyl sites for hydroxylation is 1. The molecule has 1 amide bonds. The zero-order valence-corrected chi connectivity index (χ0v) is 15.9. The summed E-state index contributed by atoms with van der Waals surface area (Å²) in [7, 11) is 0. The van der Waals surface area contributed by atoms with E-state index in [0.29, 0.717) is 38.2 Å². The minimum Gasteiger partial charge on any atom is -0.296 e. The third-order valence-electron chi connectivity index (χ3n) is 5.49. The molecule has 28 heavy (non-hydrogen) atoms. The van der Waals surface area contributed by atoms with Gasteiger partial charge in [0.25, 0.3) is 0 Å². The largest absolute Gasteiger partial charge is 0.304 e. The number of carbonyl (C=O) groups is 2. The van der Waals surface area contributed by atoms with Crippen molar-refractivity contribution in [1.82, 2.24) is 19.9 Å². The molecule has 2 fully saturated rings. The fourth-order valence-electron chi connectivity index (χ4n) is 3.85. The van der Waals surface area contributed by atoms with Gasteiger partial charge in [0.1, 0.15) is 5.82 Å². The van der Waals surface area contributed by atoms with E-state index in [-0.39, 0.29) is 11.6 Å². The van der Waals surface area contributed by atoms with E-state index in [2.05, 4.69) is 9.88 Å². The number of rotatable bonds is 4. The predicted molar refractivity (Wildman–Crippen MR) is 103 cm³/mol. The number of hydrogen-bond acceptors (Lipinski definition) is 5. The van der Waals surface area contributed by atoms with E-state index in [9.17, 15) is 14.0 Å². The normalized spacial score (nSPS) is 18.9. The monoisotopic (exact) mass is 382 g/mol. The fourth-order valence-corrected chi connectivity index (χ4v) is 3.85. The van der Waals surface area contributed by atoms with Crippen molar-refractivity contribution in [3.05, 3.63) is 53.6 Å². The number of hydrazine groups is 1. The standard InChI is InChI=1S/C21H23FN4O2/c1-15-13-23-6-4-18(15)16-2-3-17(19(22)12-16)14-24-8-10-25(11-9-24)26-7-5-20(27)21(26)28/h2-4,6,12-13H,5,7-11,14H2,1H3. The summed E-state index contributed by atoms with van der Waals surface area (Å²) in [6, 6.07) is 7.28. The van der Waals surface area contributed by atoms with Crippen LogP contribution in [0, 0.1) is 12.7 Å².